The number of benzene rings is 2. The summed E-state index contributed by atoms with van der Waals surface area (Å²) in [4.78, 5) is 21.4. The van der Waals surface area contributed by atoms with Gasteiger partial charge in [-0.05, 0) is 53.6 Å². The summed E-state index contributed by atoms with van der Waals surface area (Å²) in [5, 5.41) is 11.3. The van der Waals surface area contributed by atoms with Crippen LogP contribution in [0.15, 0.2) is 78.2 Å². The van der Waals surface area contributed by atoms with Gasteiger partial charge in [0.15, 0.2) is 5.82 Å². The number of halogens is 1. The number of H-pyrrole nitrogens is 1. The molecule has 0 radical (unpaired) electrons. The molecule has 0 fully saturated rings. The second-order valence-corrected chi connectivity index (χ2v) is 8.80. The second kappa shape index (κ2) is 11.0. The number of hydrogen-bond donors (Lipinski definition) is 2. The highest BCUT2D eigenvalue weighted by Crippen LogP contribution is 2.37. The van der Waals surface area contributed by atoms with Crippen LogP contribution < -0.4 is 10.1 Å². The smallest absolute Gasteiger partial charge is 0.221 e. The van der Waals surface area contributed by atoms with Crippen molar-refractivity contribution in [3.05, 3.63) is 89.2 Å². The maximum absolute atomic E-state index is 12.7. The van der Waals surface area contributed by atoms with Crippen LogP contribution in [-0.4, -0.2) is 33.2 Å². The molecule has 7 nitrogen and oxygen atoms in total. The van der Waals surface area contributed by atoms with Crippen LogP contribution in [-0.2, 0) is 11.3 Å². The molecule has 0 spiro atoms. The van der Waals surface area contributed by atoms with Gasteiger partial charge in [0.05, 0.1) is 7.11 Å². The monoisotopic (exact) mass is 479 g/mol. The lowest BCUT2D eigenvalue weighted by atomic mass is 10.1. The number of aromatic amines is 1. The fourth-order valence-electron chi connectivity index (χ4n) is 3.15. The highest BCUT2D eigenvalue weighted by atomic mass is 35.5. The van der Waals surface area contributed by atoms with Crippen molar-refractivity contribution in [3.63, 3.8) is 0 Å². The maximum Gasteiger partial charge on any atom is 0.221 e. The van der Waals surface area contributed by atoms with Crippen molar-refractivity contribution < 1.29 is 9.53 Å². The van der Waals surface area contributed by atoms with Crippen LogP contribution in [0.5, 0.6) is 5.75 Å². The number of amides is 1. The fraction of sp³-hybridized carbons (Fsp3) is 0.167. The maximum atomic E-state index is 12.7. The first-order valence-corrected chi connectivity index (χ1v) is 11.5. The Morgan fingerprint density at radius 1 is 1.15 bits per heavy atom. The molecule has 4 rings (SSSR count). The molecule has 4 aromatic rings. The first-order valence-electron chi connectivity index (χ1n) is 10.3. The highest BCUT2D eigenvalue weighted by Gasteiger charge is 2.20. The third-order valence-electron chi connectivity index (χ3n) is 4.90. The van der Waals surface area contributed by atoms with E-state index in [1.165, 1.54) is 11.8 Å². The summed E-state index contributed by atoms with van der Waals surface area (Å²) < 4.78 is 5.27. The summed E-state index contributed by atoms with van der Waals surface area (Å²) in [6.07, 6.45) is 3.71. The molecule has 33 heavy (non-hydrogen) atoms. The Morgan fingerprint density at radius 2 is 1.94 bits per heavy atom. The fourth-order valence-corrected chi connectivity index (χ4v) is 4.30. The summed E-state index contributed by atoms with van der Waals surface area (Å²) >= 11 is 7.41. The van der Waals surface area contributed by atoms with Crippen LogP contribution >= 0.6 is 23.4 Å². The molecular weight excluding hydrogens is 458 g/mol. The molecular formula is C24H22ClN5O2S. The predicted molar refractivity (Wildman–Crippen MR) is 129 cm³/mol. The minimum absolute atomic E-state index is 0.0689. The number of carbonyl (C=O) groups is 1. The zero-order valence-electron chi connectivity index (χ0n) is 17.9. The number of thioether (sulfide) groups is 1. The van der Waals surface area contributed by atoms with E-state index in [2.05, 4.69) is 25.5 Å². The lowest BCUT2D eigenvalue weighted by Gasteiger charge is -2.16. The van der Waals surface area contributed by atoms with Crippen molar-refractivity contribution in [2.24, 2.45) is 0 Å². The average molecular weight is 480 g/mol. The average Bonchev–Trinajstić information content (AvgIpc) is 3.32. The topological polar surface area (TPSA) is 92.8 Å². The number of aromatic nitrogens is 4. The summed E-state index contributed by atoms with van der Waals surface area (Å²) in [7, 11) is 1.62. The molecule has 0 aliphatic heterocycles. The zero-order chi connectivity index (χ0) is 23.0. The van der Waals surface area contributed by atoms with Crippen LogP contribution in [0.3, 0.4) is 0 Å². The van der Waals surface area contributed by atoms with E-state index in [1.54, 1.807) is 31.6 Å². The number of nitrogens with one attached hydrogen (secondary N) is 2. The van der Waals surface area contributed by atoms with E-state index in [0.717, 1.165) is 22.4 Å². The van der Waals surface area contributed by atoms with Gasteiger partial charge < -0.3 is 10.1 Å². The van der Waals surface area contributed by atoms with Gasteiger partial charge in [0, 0.05) is 41.2 Å². The summed E-state index contributed by atoms with van der Waals surface area (Å²) in [6.45, 7) is 0.425. The summed E-state index contributed by atoms with van der Waals surface area (Å²) in [6, 6.07) is 18.8. The van der Waals surface area contributed by atoms with Crippen molar-refractivity contribution in [2.45, 2.75) is 23.4 Å². The van der Waals surface area contributed by atoms with Gasteiger partial charge in [-0.1, -0.05) is 41.6 Å². The number of nitrogens with zero attached hydrogens (tertiary/aromatic N) is 3. The second-order valence-electron chi connectivity index (χ2n) is 7.20. The number of pyridine rings is 1. The van der Waals surface area contributed by atoms with Crippen LogP contribution in [0.1, 0.15) is 22.8 Å². The Kier molecular flexibility index (Phi) is 7.59. The van der Waals surface area contributed by atoms with Crippen molar-refractivity contribution in [1.82, 2.24) is 25.5 Å². The van der Waals surface area contributed by atoms with Crippen LogP contribution in [0.4, 0.5) is 0 Å². The van der Waals surface area contributed by atoms with Crippen molar-refractivity contribution >= 4 is 29.3 Å². The molecule has 2 N–H and O–H groups in total. The molecule has 1 amide bonds. The van der Waals surface area contributed by atoms with Gasteiger partial charge in [-0.2, -0.15) is 0 Å². The van der Waals surface area contributed by atoms with Crippen molar-refractivity contribution in [3.8, 4) is 17.1 Å². The minimum atomic E-state index is -0.182. The van der Waals surface area contributed by atoms with Gasteiger partial charge >= 0.3 is 0 Å². The van der Waals surface area contributed by atoms with Crippen molar-refractivity contribution in [2.75, 3.05) is 7.11 Å². The lowest BCUT2D eigenvalue weighted by molar-refractivity contribution is -0.121. The molecule has 2 aromatic heterocycles. The van der Waals surface area contributed by atoms with E-state index in [9.17, 15) is 4.79 Å². The van der Waals surface area contributed by atoms with E-state index in [4.69, 9.17) is 16.3 Å². The third-order valence-corrected chi connectivity index (χ3v) is 6.27. The number of methoxy groups -OCH3 is 1. The summed E-state index contributed by atoms with van der Waals surface area (Å²) in [5.41, 5.74) is 2.81. The van der Waals surface area contributed by atoms with Gasteiger partial charge in [0.2, 0.25) is 11.1 Å². The van der Waals surface area contributed by atoms with Crippen LogP contribution in [0.25, 0.3) is 11.4 Å². The zero-order valence-corrected chi connectivity index (χ0v) is 19.4. The Morgan fingerprint density at radius 3 is 2.64 bits per heavy atom. The molecule has 0 bridgehead atoms. The largest absolute Gasteiger partial charge is 0.497 e. The van der Waals surface area contributed by atoms with Gasteiger partial charge in [-0.15, -0.1) is 5.10 Å². The van der Waals surface area contributed by atoms with Crippen molar-refractivity contribution in [1.29, 1.82) is 0 Å². The third kappa shape index (κ3) is 6.34. The van der Waals surface area contributed by atoms with Crippen LogP contribution in [0.2, 0.25) is 5.02 Å². The van der Waals surface area contributed by atoms with Gasteiger partial charge in [0.25, 0.3) is 0 Å². The first-order chi connectivity index (χ1) is 16.1. The molecule has 0 saturated heterocycles. The molecule has 0 unspecified atom stereocenters. The minimum Gasteiger partial charge on any atom is -0.497 e. The number of hydrogen-bond acceptors (Lipinski definition) is 6. The Hall–Kier alpha value is -3.36. The Balaban J connectivity index is 1.48. The predicted octanol–water partition coefficient (Wildman–Crippen LogP) is 5.07. The number of rotatable bonds is 9. The highest BCUT2D eigenvalue weighted by molar-refractivity contribution is 7.99. The first kappa shape index (κ1) is 22.8. The lowest BCUT2D eigenvalue weighted by Crippen LogP contribution is -2.24. The van der Waals surface area contributed by atoms with Gasteiger partial charge in [0.1, 0.15) is 5.75 Å². The molecule has 0 saturated carbocycles. The normalized spacial score (nSPS) is 11.7. The molecule has 9 heteroatoms. The van der Waals surface area contributed by atoms with Gasteiger partial charge in [-0.25, -0.2) is 4.98 Å². The van der Waals surface area contributed by atoms with E-state index in [1.807, 2.05) is 48.5 Å². The van der Waals surface area contributed by atoms with E-state index in [0.29, 0.717) is 22.5 Å². The standard InChI is InChI=1S/C24H22ClN5O2S/c1-32-20-10-6-17(7-11-20)21(13-22(31)27-15-16-3-2-12-26-14-16)33-24-28-23(29-30-24)18-4-8-19(25)9-5-18/h2-12,14,21H,13,15H2,1H3,(H,27,31)(H,28,29,30)/t21-/m1/s1. The molecule has 0 aliphatic rings. The number of ether oxygens (including phenoxy) is 1. The molecule has 1 atom stereocenters. The molecule has 2 heterocycles. The molecule has 2 aromatic carbocycles. The van der Waals surface area contributed by atoms with E-state index in [-0.39, 0.29) is 17.6 Å². The summed E-state index contributed by atoms with van der Waals surface area (Å²) in [5.74, 6) is 1.33. The van der Waals surface area contributed by atoms with Crippen LogP contribution in [0, 0.1) is 0 Å². The van der Waals surface area contributed by atoms with E-state index < -0.39 is 0 Å². The number of carbonyl (C=O) groups excluding carboxylic acids is 1. The van der Waals surface area contributed by atoms with Gasteiger partial charge in [-0.3, -0.25) is 14.9 Å². The van der Waals surface area contributed by atoms with E-state index >= 15 is 0 Å². The Labute approximate surface area is 201 Å². The molecule has 0 aliphatic carbocycles. The SMILES string of the molecule is COc1ccc([C@@H](CC(=O)NCc2cccnc2)Sc2n[nH]c(-c3ccc(Cl)cc3)n2)cc1. The quantitative estimate of drug-likeness (QED) is 0.326. The molecule has 168 valence electrons. The Bertz CT molecular complexity index is 1180.